The van der Waals surface area contributed by atoms with E-state index in [0.717, 1.165) is 36.6 Å². The Morgan fingerprint density at radius 1 is 1.36 bits per heavy atom. The number of nitrogens with zero attached hydrogens (tertiary/aromatic N) is 4. The van der Waals surface area contributed by atoms with Crippen molar-refractivity contribution in [1.82, 2.24) is 14.9 Å². The smallest absolute Gasteiger partial charge is 0.227 e. The van der Waals surface area contributed by atoms with Crippen LogP contribution in [0.2, 0.25) is 0 Å². The van der Waals surface area contributed by atoms with Crippen LogP contribution in [0.1, 0.15) is 23.3 Å². The number of hydrogen-bond donors (Lipinski definition) is 0. The van der Waals surface area contributed by atoms with Gasteiger partial charge < -0.3 is 9.80 Å². The fourth-order valence-corrected chi connectivity index (χ4v) is 4.89. The lowest BCUT2D eigenvalue weighted by Gasteiger charge is -2.20. The molecule has 1 fully saturated rings. The van der Waals surface area contributed by atoms with E-state index in [1.165, 1.54) is 28.7 Å². The first-order valence-electron chi connectivity index (χ1n) is 7.86. The number of anilines is 1. The molecule has 0 spiro atoms. The molecule has 2 aromatic heterocycles. The first kappa shape index (κ1) is 13.9. The van der Waals surface area contributed by atoms with Gasteiger partial charge in [0, 0.05) is 32.1 Å². The molecule has 1 amide bonds. The van der Waals surface area contributed by atoms with E-state index in [9.17, 15) is 4.79 Å². The third kappa shape index (κ3) is 2.08. The van der Waals surface area contributed by atoms with Gasteiger partial charge in [-0.1, -0.05) is 0 Å². The number of carbonyl (C=O) groups excluding carboxylic acids is 1. The summed E-state index contributed by atoms with van der Waals surface area (Å²) >= 11 is 1.82. The van der Waals surface area contributed by atoms with Gasteiger partial charge in [0.15, 0.2) is 0 Å². The van der Waals surface area contributed by atoms with Gasteiger partial charge in [0.25, 0.3) is 0 Å². The third-order valence-corrected chi connectivity index (χ3v) is 5.96. The zero-order valence-corrected chi connectivity index (χ0v) is 13.8. The Balaban J connectivity index is 1.69. The molecule has 1 saturated heterocycles. The van der Waals surface area contributed by atoms with E-state index >= 15 is 0 Å². The highest BCUT2D eigenvalue weighted by Crippen LogP contribution is 2.41. The number of hydrogen-bond acceptors (Lipinski definition) is 5. The molecule has 0 bridgehead atoms. The lowest BCUT2D eigenvalue weighted by molar-refractivity contribution is -0.132. The van der Waals surface area contributed by atoms with Crippen molar-refractivity contribution in [2.75, 3.05) is 32.1 Å². The van der Waals surface area contributed by atoms with Crippen molar-refractivity contribution in [3.63, 3.8) is 0 Å². The van der Waals surface area contributed by atoms with Gasteiger partial charge in [0.05, 0.1) is 11.3 Å². The van der Waals surface area contributed by atoms with Gasteiger partial charge in [0.2, 0.25) is 5.91 Å². The van der Waals surface area contributed by atoms with Gasteiger partial charge >= 0.3 is 0 Å². The van der Waals surface area contributed by atoms with Crippen LogP contribution >= 0.6 is 11.3 Å². The summed E-state index contributed by atoms with van der Waals surface area (Å²) in [5, 5.41) is 1.25. The Morgan fingerprint density at radius 3 is 3.05 bits per heavy atom. The van der Waals surface area contributed by atoms with Crippen molar-refractivity contribution in [3.8, 4) is 0 Å². The topological polar surface area (TPSA) is 49.3 Å². The Kier molecular flexibility index (Phi) is 3.29. The van der Waals surface area contributed by atoms with Crippen LogP contribution in [0.15, 0.2) is 6.33 Å². The Morgan fingerprint density at radius 2 is 2.23 bits per heavy atom. The van der Waals surface area contributed by atoms with Crippen molar-refractivity contribution in [2.24, 2.45) is 5.92 Å². The van der Waals surface area contributed by atoms with Crippen LogP contribution < -0.4 is 4.90 Å². The molecule has 1 aliphatic carbocycles. The number of aromatic nitrogens is 2. The highest BCUT2D eigenvalue weighted by Gasteiger charge is 2.32. The molecule has 0 radical (unpaired) electrons. The first-order chi connectivity index (χ1) is 10.6. The maximum absolute atomic E-state index is 12.2. The molecule has 4 rings (SSSR count). The van der Waals surface area contributed by atoms with Crippen molar-refractivity contribution in [3.05, 3.63) is 16.8 Å². The molecule has 22 heavy (non-hydrogen) atoms. The molecule has 0 saturated carbocycles. The van der Waals surface area contributed by atoms with Crippen LogP contribution in [0.3, 0.4) is 0 Å². The van der Waals surface area contributed by atoms with Crippen LogP contribution in [-0.4, -0.2) is 48.0 Å². The summed E-state index contributed by atoms with van der Waals surface area (Å²) in [7, 11) is 3.67. The lowest BCUT2D eigenvalue weighted by Crippen LogP contribution is -2.32. The molecule has 5 nitrogen and oxygen atoms in total. The molecule has 0 N–H and O–H groups in total. The van der Waals surface area contributed by atoms with Gasteiger partial charge in [0.1, 0.15) is 17.0 Å². The van der Waals surface area contributed by atoms with Crippen LogP contribution in [-0.2, 0) is 17.6 Å². The van der Waals surface area contributed by atoms with Gasteiger partial charge in [-0.25, -0.2) is 9.97 Å². The van der Waals surface area contributed by atoms with E-state index in [0.29, 0.717) is 0 Å². The minimum atomic E-state index is 0.0895. The molecule has 6 heteroatoms. The maximum atomic E-state index is 12.2. The Labute approximate surface area is 134 Å². The van der Waals surface area contributed by atoms with Crippen molar-refractivity contribution >= 4 is 33.3 Å². The van der Waals surface area contributed by atoms with E-state index in [-0.39, 0.29) is 11.8 Å². The summed E-state index contributed by atoms with van der Waals surface area (Å²) < 4.78 is 0. The number of carbonyl (C=O) groups is 1. The molecule has 3 heterocycles. The third-order valence-electron chi connectivity index (χ3n) is 4.76. The van der Waals surface area contributed by atoms with E-state index in [1.807, 2.05) is 25.4 Å². The van der Waals surface area contributed by atoms with Gasteiger partial charge in [-0.05, 0) is 31.2 Å². The van der Waals surface area contributed by atoms with Crippen LogP contribution in [0.25, 0.3) is 10.2 Å². The predicted octanol–water partition coefficient (Wildman–Crippen LogP) is 2.09. The average molecular weight is 316 g/mol. The summed E-state index contributed by atoms with van der Waals surface area (Å²) in [5.74, 6) is 1.36. The molecule has 1 unspecified atom stereocenters. The number of aryl methyl sites for hydroxylation is 2. The predicted molar refractivity (Wildman–Crippen MR) is 88.5 cm³/mol. The summed E-state index contributed by atoms with van der Waals surface area (Å²) in [6, 6.07) is 0. The minimum Gasteiger partial charge on any atom is -0.355 e. The largest absolute Gasteiger partial charge is 0.355 e. The fourth-order valence-electron chi connectivity index (χ4n) is 3.67. The SMILES string of the molecule is CN(C)C(=O)C1CCN(c2ncnc3sc4c(c23)CCC4)C1. The first-order valence-corrected chi connectivity index (χ1v) is 8.68. The number of fused-ring (bicyclic) bond motifs is 3. The fraction of sp³-hybridized carbons (Fsp3) is 0.562. The second kappa shape index (κ2) is 5.19. The quantitative estimate of drug-likeness (QED) is 0.851. The van der Waals surface area contributed by atoms with Crippen molar-refractivity contribution in [1.29, 1.82) is 0 Å². The monoisotopic (exact) mass is 316 g/mol. The van der Waals surface area contributed by atoms with Gasteiger partial charge in [-0.2, -0.15) is 0 Å². The van der Waals surface area contributed by atoms with Crippen molar-refractivity contribution < 1.29 is 4.79 Å². The highest BCUT2D eigenvalue weighted by molar-refractivity contribution is 7.19. The molecule has 116 valence electrons. The zero-order chi connectivity index (χ0) is 15.3. The maximum Gasteiger partial charge on any atom is 0.227 e. The summed E-state index contributed by atoms with van der Waals surface area (Å²) in [4.78, 5) is 27.8. The van der Waals surface area contributed by atoms with Crippen molar-refractivity contribution in [2.45, 2.75) is 25.7 Å². The van der Waals surface area contributed by atoms with Crippen LogP contribution in [0, 0.1) is 5.92 Å². The zero-order valence-electron chi connectivity index (χ0n) is 13.0. The standard InChI is InChI=1S/C16H20N4OS/c1-19(2)16(21)10-6-7-20(8-10)14-13-11-4-3-5-12(11)22-15(13)18-9-17-14/h9-10H,3-8H2,1-2H3. The summed E-state index contributed by atoms with van der Waals surface area (Å²) in [6.07, 6.45) is 6.15. The molecule has 0 aromatic carbocycles. The number of thiophene rings is 1. The van der Waals surface area contributed by atoms with E-state index in [2.05, 4.69) is 14.9 Å². The lowest BCUT2D eigenvalue weighted by atomic mass is 10.1. The van der Waals surface area contributed by atoms with Gasteiger partial charge in [-0.3, -0.25) is 4.79 Å². The minimum absolute atomic E-state index is 0.0895. The Hall–Kier alpha value is -1.69. The molecule has 1 aliphatic heterocycles. The van der Waals surface area contributed by atoms with E-state index in [4.69, 9.17) is 0 Å². The molecule has 2 aromatic rings. The molecule has 1 atom stereocenters. The second-order valence-corrected chi connectivity index (χ2v) is 7.48. The van der Waals surface area contributed by atoms with Crippen LogP contribution in [0.5, 0.6) is 0 Å². The molecular formula is C16H20N4OS. The second-order valence-electron chi connectivity index (χ2n) is 6.40. The van der Waals surface area contributed by atoms with E-state index < -0.39 is 0 Å². The average Bonchev–Trinajstić information content (AvgIpc) is 3.20. The highest BCUT2D eigenvalue weighted by atomic mass is 32.1. The summed E-state index contributed by atoms with van der Waals surface area (Å²) in [6.45, 7) is 1.68. The Bertz CT molecular complexity index is 739. The number of rotatable bonds is 2. The summed E-state index contributed by atoms with van der Waals surface area (Å²) in [5.41, 5.74) is 1.46. The molecular weight excluding hydrogens is 296 g/mol. The van der Waals surface area contributed by atoms with Gasteiger partial charge in [-0.15, -0.1) is 11.3 Å². The number of amides is 1. The normalized spacial score (nSPS) is 20.6. The van der Waals surface area contributed by atoms with Crippen LogP contribution in [0.4, 0.5) is 5.82 Å². The van der Waals surface area contributed by atoms with E-state index in [1.54, 1.807) is 11.2 Å². The molecule has 2 aliphatic rings.